The molecule has 1 fully saturated rings. The number of rotatable bonds is 3. The van der Waals surface area contributed by atoms with E-state index in [4.69, 9.17) is 10.5 Å². The molecule has 15 heavy (non-hydrogen) atoms. The van der Waals surface area contributed by atoms with Gasteiger partial charge in [0.1, 0.15) is 5.75 Å². The van der Waals surface area contributed by atoms with Crippen LogP contribution < -0.4 is 10.5 Å². The van der Waals surface area contributed by atoms with E-state index in [1.807, 2.05) is 0 Å². The summed E-state index contributed by atoms with van der Waals surface area (Å²) in [5.41, 5.74) is 6.26. The smallest absolute Gasteiger partial charge is 0.267 e. The topological polar surface area (TPSA) is 35.2 Å². The molecule has 0 bridgehead atoms. The molecule has 0 aromatic heterocycles. The van der Waals surface area contributed by atoms with Gasteiger partial charge in [-0.05, 0) is 30.5 Å². The maximum Gasteiger partial charge on any atom is 0.267 e. The van der Waals surface area contributed by atoms with Crippen LogP contribution in [0.25, 0.3) is 0 Å². The molecule has 82 valence electrons. The Labute approximate surface area is 87.0 Å². The van der Waals surface area contributed by atoms with Gasteiger partial charge in [-0.25, -0.2) is 8.78 Å². The lowest BCUT2D eigenvalue weighted by atomic mass is 10.0. The predicted molar refractivity (Wildman–Crippen MR) is 53.1 cm³/mol. The lowest BCUT2D eigenvalue weighted by Gasteiger charge is -2.13. The van der Waals surface area contributed by atoms with Gasteiger partial charge < -0.3 is 10.5 Å². The number of alkyl halides is 2. The Balaban J connectivity index is 2.41. The number of benzene rings is 1. The summed E-state index contributed by atoms with van der Waals surface area (Å²) in [6, 6.07) is 4.78. The zero-order chi connectivity index (χ0) is 11.1. The molecule has 2 rings (SSSR count). The molecule has 4 heteroatoms. The van der Waals surface area contributed by atoms with Gasteiger partial charge in [-0.15, -0.1) is 0 Å². The zero-order valence-electron chi connectivity index (χ0n) is 8.47. The van der Waals surface area contributed by atoms with Crippen LogP contribution in [0.15, 0.2) is 18.2 Å². The zero-order valence-corrected chi connectivity index (χ0v) is 8.47. The second-order valence-electron chi connectivity index (χ2n) is 3.91. The third kappa shape index (κ3) is 1.81. The molecular formula is C11H13F2NO. The lowest BCUT2D eigenvalue weighted by molar-refractivity contribution is 0.147. The first kappa shape index (κ1) is 10.4. The van der Waals surface area contributed by atoms with Crippen molar-refractivity contribution in [2.75, 3.05) is 7.11 Å². The fourth-order valence-corrected chi connectivity index (χ4v) is 1.64. The second kappa shape index (κ2) is 3.45. The lowest BCUT2D eigenvalue weighted by Crippen LogP contribution is -2.18. The molecule has 0 heterocycles. The van der Waals surface area contributed by atoms with Gasteiger partial charge in [-0.1, -0.05) is 6.07 Å². The van der Waals surface area contributed by atoms with Crippen LogP contribution in [-0.2, 0) is 5.54 Å². The number of halogens is 2. The molecule has 0 amide bonds. The minimum atomic E-state index is -2.53. The number of hydrogen-bond donors (Lipinski definition) is 1. The van der Waals surface area contributed by atoms with E-state index in [1.54, 1.807) is 12.1 Å². The van der Waals surface area contributed by atoms with Gasteiger partial charge in [-0.2, -0.15) is 0 Å². The van der Waals surface area contributed by atoms with Crippen molar-refractivity contribution in [1.82, 2.24) is 0 Å². The summed E-state index contributed by atoms with van der Waals surface area (Å²) in [7, 11) is 1.39. The van der Waals surface area contributed by atoms with E-state index < -0.39 is 6.43 Å². The van der Waals surface area contributed by atoms with E-state index in [1.165, 1.54) is 13.2 Å². The highest BCUT2D eigenvalue weighted by Gasteiger charge is 2.40. The van der Waals surface area contributed by atoms with Crippen LogP contribution in [0.2, 0.25) is 0 Å². The van der Waals surface area contributed by atoms with Gasteiger partial charge in [0.25, 0.3) is 6.43 Å². The third-order valence-electron chi connectivity index (χ3n) is 2.83. The molecule has 0 saturated heterocycles. The predicted octanol–water partition coefficient (Wildman–Crippen LogP) is 2.58. The van der Waals surface area contributed by atoms with Crippen molar-refractivity contribution < 1.29 is 13.5 Å². The van der Waals surface area contributed by atoms with Crippen LogP contribution in [0.1, 0.15) is 30.4 Å². The Bertz CT molecular complexity index is 375. The van der Waals surface area contributed by atoms with Gasteiger partial charge in [0, 0.05) is 5.54 Å². The largest absolute Gasteiger partial charge is 0.496 e. The molecular weight excluding hydrogens is 200 g/mol. The van der Waals surface area contributed by atoms with Crippen molar-refractivity contribution >= 4 is 0 Å². The van der Waals surface area contributed by atoms with E-state index in [0.717, 1.165) is 18.4 Å². The van der Waals surface area contributed by atoms with E-state index in [0.29, 0.717) is 0 Å². The second-order valence-corrected chi connectivity index (χ2v) is 3.91. The molecule has 1 aliphatic carbocycles. The maximum atomic E-state index is 12.7. The first-order valence-electron chi connectivity index (χ1n) is 4.82. The fourth-order valence-electron chi connectivity index (χ4n) is 1.64. The number of ether oxygens (including phenoxy) is 1. The van der Waals surface area contributed by atoms with E-state index in [9.17, 15) is 8.78 Å². The van der Waals surface area contributed by atoms with Crippen LogP contribution >= 0.6 is 0 Å². The summed E-state index contributed by atoms with van der Waals surface area (Å²) >= 11 is 0. The minimum Gasteiger partial charge on any atom is -0.496 e. The van der Waals surface area contributed by atoms with Gasteiger partial charge in [0.2, 0.25) is 0 Å². The molecule has 1 aromatic rings. The SMILES string of the molecule is COc1ccc(C2(N)CC2)cc1C(F)F. The van der Waals surface area contributed by atoms with Crippen LogP contribution in [-0.4, -0.2) is 7.11 Å². The quantitative estimate of drug-likeness (QED) is 0.837. The summed E-state index contributed by atoms with van der Waals surface area (Å²) in [5, 5.41) is 0. The summed E-state index contributed by atoms with van der Waals surface area (Å²) in [5.74, 6) is 0.220. The fraction of sp³-hybridized carbons (Fsp3) is 0.455. The van der Waals surface area contributed by atoms with Crippen LogP contribution in [0.3, 0.4) is 0 Å². The Morgan fingerprint density at radius 3 is 2.53 bits per heavy atom. The summed E-state index contributed by atoms with van der Waals surface area (Å²) in [6.45, 7) is 0. The highest BCUT2D eigenvalue weighted by molar-refractivity contribution is 5.42. The average molecular weight is 213 g/mol. The number of methoxy groups -OCH3 is 1. The highest BCUT2D eigenvalue weighted by Crippen LogP contribution is 2.44. The minimum absolute atomic E-state index is 0.0771. The van der Waals surface area contributed by atoms with E-state index >= 15 is 0 Å². The molecule has 0 aliphatic heterocycles. The molecule has 1 saturated carbocycles. The molecule has 1 aromatic carbocycles. The first-order valence-corrected chi connectivity index (χ1v) is 4.82. The van der Waals surface area contributed by atoms with Gasteiger partial charge in [0.05, 0.1) is 12.7 Å². The van der Waals surface area contributed by atoms with E-state index in [-0.39, 0.29) is 16.9 Å². The molecule has 0 radical (unpaired) electrons. The van der Waals surface area contributed by atoms with Gasteiger partial charge in [-0.3, -0.25) is 0 Å². The average Bonchev–Trinajstić information content (AvgIpc) is 2.96. The van der Waals surface area contributed by atoms with Crippen molar-refractivity contribution in [1.29, 1.82) is 0 Å². The molecule has 2 N–H and O–H groups in total. The van der Waals surface area contributed by atoms with E-state index in [2.05, 4.69) is 0 Å². The molecule has 2 nitrogen and oxygen atoms in total. The number of hydrogen-bond acceptors (Lipinski definition) is 2. The highest BCUT2D eigenvalue weighted by atomic mass is 19.3. The third-order valence-corrected chi connectivity index (χ3v) is 2.83. The molecule has 0 spiro atoms. The monoisotopic (exact) mass is 213 g/mol. The van der Waals surface area contributed by atoms with Crippen molar-refractivity contribution in [2.24, 2.45) is 5.73 Å². The normalized spacial score (nSPS) is 17.9. The Morgan fingerprint density at radius 1 is 1.40 bits per heavy atom. The number of nitrogens with two attached hydrogens (primary N) is 1. The Hall–Kier alpha value is -1.16. The van der Waals surface area contributed by atoms with Crippen LogP contribution in [0.5, 0.6) is 5.75 Å². The standard InChI is InChI=1S/C11H13F2NO/c1-15-9-3-2-7(11(14)4-5-11)6-8(9)10(12)13/h2-3,6,10H,4-5,14H2,1H3. The van der Waals surface area contributed by atoms with Crippen LogP contribution in [0, 0.1) is 0 Å². The maximum absolute atomic E-state index is 12.7. The summed E-state index contributed by atoms with van der Waals surface area (Å²) in [6.07, 6.45) is -0.799. The summed E-state index contributed by atoms with van der Waals surface area (Å²) < 4.78 is 30.2. The Kier molecular flexibility index (Phi) is 2.38. The van der Waals surface area contributed by atoms with Gasteiger partial charge >= 0.3 is 0 Å². The van der Waals surface area contributed by atoms with Crippen molar-refractivity contribution in [3.05, 3.63) is 29.3 Å². The molecule has 1 aliphatic rings. The van der Waals surface area contributed by atoms with Crippen molar-refractivity contribution in [3.8, 4) is 5.75 Å². The molecule has 0 unspecified atom stereocenters. The molecule has 0 atom stereocenters. The van der Waals surface area contributed by atoms with Crippen LogP contribution in [0.4, 0.5) is 8.78 Å². The first-order chi connectivity index (χ1) is 7.07. The van der Waals surface area contributed by atoms with Crippen molar-refractivity contribution in [3.63, 3.8) is 0 Å². The summed E-state index contributed by atoms with van der Waals surface area (Å²) in [4.78, 5) is 0. The Morgan fingerprint density at radius 2 is 2.07 bits per heavy atom. The van der Waals surface area contributed by atoms with Gasteiger partial charge in [0.15, 0.2) is 0 Å². The van der Waals surface area contributed by atoms with Crippen molar-refractivity contribution in [2.45, 2.75) is 24.8 Å².